The molecule has 0 radical (unpaired) electrons. The van der Waals surface area contributed by atoms with Crippen molar-refractivity contribution in [3.05, 3.63) is 23.9 Å². The largest absolute Gasteiger partial charge is 0.352 e. The van der Waals surface area contributed by atoms with Crippen LogP contribution < -0.4 is 10.2 Å². The maximum atomic E-state index is 4.66. The van der Waals surface area contributed by atoms with Crippen LogP contribution >= 0.6 is 0 Å². The number of anilines is 1. The van der Waals surface area contributed by atoms with Crippen LogP contribution in [0.15, 0.2) is 18.3 Å². The van der Waals surface area contributed by atoms with Crippen LogP contribution in [0.4, 0.5) is 5.82 Å². The summed E-state index contributed by atoms with van der Waals surface area (Å²) in [7, 11) is 4.29. The number of rotatable bonds is 7. The molecule has 1 atom stereocenters. The molecule has 0 aromatic carbocycles. The minimum absolute atomic E-state index is 0.613. The molecular weight excluding hydrogens is 248 g/mol. The van der Waals surface area contributed by atoms with Gasteiger partial charge in [-0.25, -0.2) is 4.98 Å². The number of hydrogen-bond donors (Lipinski definition) is 1. The molecule has 0 spiro atoms. The van der Waals surface area contributed by atoms with E-state index in [2.05, 4.69) is 53.3 Å². The molecule has 0 aliphatic carbocycles. The van der Waals surface area contributed by atoms with E-state index >= 15 is 0 Å². The fourth-order valence-electron chi connectivity index (χ4n) is 2.85. The molecule has 1 aromatic rings. The number of likely N-dealkylation sites (N-methyl/N-ethyl adjacent to an activating group) is 1. The molecule has 4 nitrogen and oxygen atoms in total. The third-order valence-electron chi connectivity index (χ3n) is 3.81. The molecule has 1 N–H and O–H groups in total. The number of nitrogens with zero attached hydrogens (tertiary/aromatic N) is 3. The van der Waals surface area contributed by atoms with Crippen molar-refractivity contribution in [3.8, 4) is 0 Å². The molecule has 2 rings (SSSR count). The summed E-state index contributed by atoms with van der Waals surface area (Å²) in [5.74, 6) is 1.13. The molecule has 112 valence electrons. The summed E-state index contributed by atoms with van der Waals surface area (Å²) in [5.41, 5.74) is 1.27. The van der Waals surface area contributed by atoms with Gasteiger partial charge in [0, 0.05) is 31.9 Å². The second kappa shape index (κ2) is 7.60. The van der Waals surface area contributed by atoms with Gasteiger partial charge in [0.2, 0.25) is 0 Å². The van der Waals surface area contributed by atoms with Crippen LogP contribution in [0, 0.1) is 0 Å². The van der Waals surface area contributed by atoms with E-state index in [1.54, 1.807) is 0 Å². The van der Waals surface area contributed by atoms with E-state index < -0.39 is 0 Å². The summed E-state index contributed by atoms with van der Waals surface area (Å²) >= 11 is 0. The van der Waals surface area contributed by atoms with Crippen molar-refractivity contribution in [3.63, 3.8) is 0 Å². The minimum atomic E-state index is 0.613. The molecule has 0 bridgehead atoms. The smallest absolute Gasteiger partial charge is 0.128 e. The van der Waals surface area contributed by atoms with Crippen molar-refractivity contribution in [2.24, 2.45) is 0 Å². The van der Waals surface area contributed by atoms with E-state index in [0.717, 1.165) is 32.0 Å². The first-order valence-corrected chi connectivity index (χ1v) is 7.77. The predicted molar refractivity (Wildman–Crippen MR) is 85.2 cm³/mol. The normalized spacial score (nSPS) is 19.0. The Balaban J connectivity index is 1.94. The van der Waals surface area contributed by atoms with E-state index in [-0.39, 0.29) is 0 Å². The SMILES string of the molecule is CCCNCc1ccc(N2CCCC2CN(C)C)nc1. The zero-order chi connectivity index (χ0) is 14.4. The number of pyridine rings is 1. The lowest BCUT2D eigenvalue weighted by Gasteiger charge is -2.28. The molecule has 1 saturated heterocycles. The monoisotopic (exact) mass is 276 g/mol. The van der Waals surface area contributed by atoms with Gasteiger partial charge in [0.1, 0.15) is 5.82 Å². The van der Waals surface area contributed by atoms with Gasteiger partial charge in [-0.2, -0.15) is 0 Å². The Hall–Kier alpha value is -1.13. The summed E-state index contributed by atoms with van der Waals surface area (Å²) in [5, 5.41) is 3.41. The molecule has 1 fully saturated rings. The highest BCUT2D eigenvalue weighted by atomic mass is 15.3. The summed E-state index contributed by atoms with van der Waals surface area (Å²) in [6.07, 6.45) is 5.74. The number of aromatic nitrogens is 1. The molecule has 2 heterocycles. The molecule has 1 aliphatic heterocycles. The maximum absolute atomic E-state index is 4.66. The average molecular weight is 276 g/mol. The van der Waals surface area contributed by atoms with Gasteiger partial charge >= 0.3 is 0 Å². The molecular formula is C16H28N4. The van der Waals surface area contributed by atoms with Crippen molar-refractivity contribution in [2.45, 2.75) is 38.8 Å². The Morgan fingerprint density at radius 3 is 2.90 bits per heavy atom. The molecule has 20 heavy (non-hydrogen) atoms. The lowest BCUT2D eigenvalue weighted by molar-refractivity contribution is 0.371. The van der Waals surface area contributed by atoms with Crippen LogP contribution in [0.1, 0.15) is 31.7 Å². The highest BCUT2D eigenvalue weighted by Gasteiger charge is 2.25. The molecule has 1 unspecified atom stereocenters. The highest BCUT2D eigenvalue weighted by Crippen LogP contribution is 2.24. The van der Waals surface area contributed by atoms with E-state index in [4.69, 9.17) is 0 Å². The molecule has 4 heteroatoms. The fraction of sp³-hybridized carbons (Fsp3) is 0.688. The Morgan fingerprint density at radius 1 is 1.40 bits per heavy atom. The van der Waals surface area contributed by atoms with Gasteiger partial charge in [-0.05, 0) is 51.5 Å². The molecule has 0 amide bonds. The van der Waals surface area contributed by atoms with Gasteiger partial charge in [-0.15, -0.1) is 0 Å². The number of hydrogen-bond acceptors (Lipinski definition) is 4. The third kappa shape index (κ3) is 4.18. The van der Waals surface area contributed by atoms with Crippen molar-refractivity contribution < 1.29 is 0 Å². The fourth-order valence-corrected chi connectivity index (χ4v) is 2.85. The van der Waals surface area contributed by atoms with E-state index in [1.165, 1.54) is 24.8 Å². The first-order chi connectivity index (χ1) is 9.70. The van der Waals surface area contributed by atoms with Gasteiger partial charge in [0.25, 0.3) is 0 Å². The van der Waals surface area contributed by atoms with Crippen LogP contribution in [0.2, 0.25) is 0 Å². The van der Waals surface area contributed by atoms with E-state index in [0.29, 0.717) is 6.04 Å². The van der Waals surface area contributed by atoms with Crippen molar-refractivity contribution >= 4 is 5.82 Å². The Morgan fingerprint density at radius 2 is 2.25 bits per heavy atom. The van der Waals surface area contributed by atoms with Gasteiger partial charge in [-0.3, -0.25) is 0 Å². The van der Waals surface area contributed by atoms with Crippen LogP contribution in [-0.2, 0) is 6.54 Å². The lowest BCUT2D eigenvalue weighted by atomic mass is 10.2. The third-order valence-corrected chi connectivity index (χ3v) is 3.81. The van der Waals surface area contributed by atoms with Gasteiger partial charge in [0.05, 0.1) is 0 Å². The van der Waals surface area contributed by atoms with Crippen molar-refractivity contribution in [2.75, 3.05) is 38.6 Å². The van der Waals surface area contributed by atoms with Gasteiger partial charge < -0.3 is 15.1 Å². The van der Waals surface area contributed by atoms with Crippen LogP contribution in [-0.4, -0.2) is 49.7 Å². The van der Waals surface area contributed by atoms with Crippen LogP contribution in [0.25, 0.3) is 0 Å². The maximum Gasteiger partial charge on any atom is 0.128 e. The first-order valence-electron chi connectivity index (χ1n) is 7.77. The summed E-state index contributed by atoms with van der Waals surface area (Å²) < 4.78 is 0. The first kappa shape index (κ1) is 15.3. The van der Waals surface area contributed by atoms with Gasteiger partial charge in [-0.1, -0.05) is 13.0 Å². The summed E-state index contributed by atoms with van der Waals surface area (Å²) in [6, 6.07) is 4.99. The topological polar surface area (TPSA) is 31.4 Å². The zero-order valence-corrected chi connectivity index (χ0v) is 13.1. The standard InChI is InChI=1S/C16H28N4/c1-4-9-17-11-14-7-8-16(18-12-14)20-10-5-6-15(20)13-19(2)3/h7-8,12,15,17H,4-6,9-11,13H2,1-3H3. The van der Waals surface area contributed by atoms with Gasteiger partial charge in [0.15, 0.2) is 0 Å². The summed E-state index contributed by atoms with van der Waals surface area (Å²) in [4.78, 5) is 9.40. The number of nitrogens with one attached hydrogen (secondary N) is 1. The molecule has 1 aromatic heterocycles. The Bertz CT molecular complexity index is 388. The minimum Gasteiger partial charge on any atom is -0.352 e. The second-order valence-corrected chi connectivity index (χ2v) is 5.95. The lowest BCUT2D eigenvalue weighted by Crippen LogP contribution is -2.38. The molecule has 0 saturated carbocycles. The van der Waals surface area contributed by atoms with Crippen molar-refractivity contribution in [1.82, 2.24) is 15.2 Å². The summed E-state index contributed by atoms with van der Waals surface area (Å²) in [6.45, 7) is 6.42. The zero-order valence-electron chi connectivity index (χ0n) is 13.1. The van der Waals surface area contributed by atoms with Crippen LogP contribution in [0.5, 0.6) is 0 Å². The quantitative estimate of drug-likeness (QED) is 0.773. The Labute approximate surface area is 123 Å². The van der Waals surface area contributed by atoms with Crippen LogP contribution in [0.3, 0.4) is 0 Å². The van der Waals surface area contributed by atoms with Crippen molar-refractivity contribution in [1.29, 1.82) is 0 Å². The second-order valence-electron chi connectivity index (χ2n) is 5.95. The predicted octanol–water partition coefficient (Wildman–Crippen LogP) is 2.11. The average Bonchev–Trinajstić information content (AvgIpc) is 2.87. The van der Waals surface area contributed by atoms with E-state index in [9.17, 15) is 0 Å². The molecule has 1 aliphatic rings. The van der Waals surface area contributed by atoms with E-state index in [1.807, 2.05) is 6.20 Å². The Kier molecular flexibility index (Phi) is 5.80. The highest BCUT2D eigenvalue weighted by molar-refractivity contribution is 5.42.